The highest BCUT2D eigenvalue weighted by molar-refractivity contribution is 6.74. The largest absolute Gasteiger partial charge is 0.416 e. The zero-order valence-electron chi connectivity index (χ0n) is 19.4. The van der Waals surface area contributed by atoms with Crippen molar-refractivity contribution in [3.05, 3.63) is 0 Å². The molecule has 0 N–H and O–H groups in total. The molecule has 0 aromatic rings. The van der Waals surface area contributed by atoms with Crippen LogP contribution in [0, 0.1) is 34.5 Å². The first-order valence-corrected chi connectivity index (χ1v) is 15.1. The maximum absolute atomic E-state index is 13.2. The number of hydrogen-bond acceptors (Lipinski definition) is 2. The summed E-state index contributed by atoms with van der Waals surface area (Å²) in [5.74, 6) is 3.17. The zero-order chi connectivity index (χ0) is 20.4. The second-order valence-corrected chi connectivity index (χ2v) is 17.5. The average molecular weight is 405 g/mol. The van der Waals surface area contributed by atoms with Gasteiger partial charge in [0.2, 0.25) is 0 Å². The van der Waals surface area contributed by atoms with Crippen LogP contribution in [0.4, 0.5) is 0 Å². The average Bonchev–Trinajstić information content (AvgIpc) is 3.04. The van der Waals surface area contributed by atoms with Gasteiger partial charge in [0.1, 0.15) is 5.78 Å². The Kier molecular flexibility index (Phi) is 5.23. The second kappa shape index (κ2) is 6.94. The van der Waals surface area contributed by atoms with Crippen LogP contribution in [0.15, 0.2) is 0 Å². The van der Waals surface area contributed by atoms with Crippen LogP contribution in [0.3, 0.4) is 0 Å². The molecule has 0 aromatic heterocycles. The molecule has 0 amide bonds. The van der Waals surface area contributed by atoms with Gasteiger partial charge in [0.05, 0.1) is 0 Å². The summed E-state index contributed by atoms with van der Waals surface area (Å²) in [6.07, 6.45) is 12.7. The van der Waals surface area contributed by atoms with Crippen LogP contribution < -0.4 is 0 Å². The fourth-order valence-electron chi connectivity index (χ4n) is 7.68. The Balaban J connectivity index is 1.56. The molecule has 0 bridgehead atoms. The van der Waals surface area contributed by atoms with Crippen molar-refractivity contribution in [1.82, 2.24) is 0 Å². The Labute approximate surface area is 174 Å². The Hall–Kier alpha value is -0.153. The van der Waals surface area contributed by atoms with Gasteiger partial charge in [0.15, 0.2) is 8.32 Å². The molecule has 0 radical (unpaired) electrons. The third-order valence-corrected chi connectivity index (χ3v) is 14.9. The first kappa shape index (κ1) is 21.1. The van der Waals surface area contributed by atoms with Crippen molar-refractivity contribution in [2.75, 3.05) is 6.61 Å². The van der Waals surface area contributed by atoms with Crippen molar-refractivity contribution in [3.8, 4) is 0 Å². The van der Waals surface area contributed by atoms with Crippen molar-refractivity contribution in [2.45, 2.75) is 110 Å². The fourth-order valence-corrected chi connectivity index (χ4v) is 8.76. The van der Waals surface area contributed by atoms with Gasteiger partial charge in [-0.2, -0.15) is 0 Å². The molecule has 4 fully saturated rings. The molecule has 0 aliphatic heterocycles. The van der Waals surface area contributed by atoms with Crippen LogP contribution >= 0.6 is 0 Å². The molecule has 28 heavy (non-hydrogen) atoms. The molecule has 0 spiro atoms. The lowest BCUT2D eigenvalue weighted by molar-refractivity contribution is -0.154. The van der Waals surface area contributed by atoms with Gasteiger partial charge >= 0.3 is 0 Å². The minimum absolute atomic E-state index is 0.276. The van der Waals surface area contributed by atoms with Crippen LogP contribution in [-0.2, 0) is 9.22 Å². The molecule has 0 saturated heterocycles. The minimum Gasteiger partial charge on any atom is -0.416 e. The van der Waals surface area contributed by atoms with Gasteiger partial charge in [0, 0.05) is 18.9 Å². The van der Waals surface area contributed by atoms with E-state index in [0.29, 0.717) is 28.4 Å². The zero-order valence-corrected chi connectivity index (χ0v) is 20.4. The van der Waals surface area contributed by atoms with E-state index in [-0.39, 0.29) is 5.04 Å². The fraction of sp³-hybridized carbons (Fsp3) is 0.960. The van der Waals surface area contributed by atoms with Gasteiger partial charge in [-0.15, -0.1) is 0 Å². The molecular weight excluding hydrogens is 360 g/mol. The van der Waals surface area contributed by atoms with E-state index in [1.54, 1.807) is 0 Å². The predicted molar refractivity (Wildman–Crippen MR) is 119 cm³/mol. The van der Waals surface area contributed by atoms with Crippen LogP contribution in [0.5, 0.6) is 0 Å². The van der Waals surface area contributed by atoms with Crippen molar-refractivity contribution < 1.29 is 9.22 Å². The van der Waals surface area contributed by atoms with E-state index in [4.69, 9.17) is 4.43 Å². The SMILES string of the molecule is CC(C)(C)[Si](C)(C)OC[C@@]12CCC[C@H]1[C@@H]1CC(=O)C3CCCC[C@]3(C)[C@H]1CC2. The highest BCUT2D eigenvalue weighted by Crippen LogP contribution is 2.65. The Morgan fingerprint density at radius 2 is 1.75 bits per heavy atom. The molecule has 1 unspecified atom stereocenters. The maximum atomic E-state index is 13.2. The summed E-state index contributed by atoms with van der Waals surface area (Å²) >= 11 is 0. The summed E-state index contributed by atoms with van der Waals surface area (Å²) in [6, 6.07) is 0. The van der Waals surface area contributed by atoms with E-state index in [1.807, 2.05) is 0 Å². The third kappa shape index (κ3) is 3.18. The number of carbonyl (C=O) groups excluding carboxylic acids is 1. The molecule has 0 heterocycles. The number of rotatable bonds is 3. The highest BCUT2D eigenvalue weighted by atomic mass is 28.4. The summed E-state index contributed by atoms with van der Waals surface area (Å²) in [6.45, 7) is 15.3. The molecule has 4 aliphatic rings. The lowest BCUT2D eigenvalue weighted by Gasteiger charge is -2.59. The van der Waals surface area contributed by atoms with Gasteiger partial charge in [-0.05, 0) is 85.2 Å². The van der Waals surface area contributed by atoms with E-state index in [2.05, 4.69) is 40.8 Å². The summed E-state index contributed by atoms with van der Waals surface area (Å²) < 4.78 is 6.83. The molecule has 4 rings (SSSR count). The Morgan fingerprint density at radius 3 is 2.46 bits per heavy atom. The van der Waals surface area contributed by atoms with E-state index in [9.17, 15) is 4.79 Å². The van der Waals surface area contributed by atoms with E-state index in [1.165, 1.54) is 57.8 Å². The van der Waals surface area contributed by atoms with E-state index in [0.717, 1.165) is 24.9 Å². The molecule has 4 saturated carbocycles. The first-order valence-electron chi connectivity index (χ1n) is 12.2. The molecule has 6 atom stereocenters. The summed E-state index contributed by atoms with van der Waals surface area (Å²) in [5.41, 5.74) is 0.669. The van der Waals surface area contributed by atoms with Gasteiger partial charge in [-0.1, -0.05) is 47.0 Å². The molecule has 2 nitrogen and oxygen atoms in total. The number of ketones is 1. The van der Waals surface area contributed by atoms with E-state index < -0.39 is 8.32 Å². The van der Waals surface area contributed by atoms with Crippen LogP contribution in [0.1, 0.15) is 91.9 Å². The molecule has 4 aliphatic carbocycles. The quantitative estimate of drug-likeness (QED) is 0.474. The number of hydrogen-bond donors (Lipinski definition) is 0. The molecular formula is C25H44O2Si. The molecule has 160 valence electrons. The van der Waals surface area contributed by atoms with Crippen molar-refractivity contribution in [2.24, 2.45) is 34.5 Å². The summed E-state index contributed by atoms with van der Waals surface area (Å²) in [4.78, 5) is 13.2. The first-order chi connectivity index (χ1) is 13.0. The summed E-state index contributed by atoms with van der Waals surface area (Å²) in [7, 11) is -1.72. The molecule has 0 aromatic carbocycles. The van der Waals surface area contributed by atoms with Crippen LogP contribution in [0.25, 0.3) is 0 Å². The van der Waals surface area contributed by atoms with Crippen LogP contribution in [-0.4, -0.2) is 20.7 Å². The minimum atomic E-state index is -1.72. The van der Waals surface area contributed by atoms with E-state index >= 15 is 0 Å². The standard InChI is InChI=1S/C25H44O2Si/c1-23(2,3)28(5,6)27-17-25-14-9-11-20(25)18-16-22(26)21-10-7-8-13-24(21,4)19(18)12-15-25/h18-21H,7-17H2,1-6H3/t18-,19+,20+,21?,24-,25+/m1/s1. The second-order valence-electron chi connectivity index (χ2n) is 12.7. The topological polar surface area (TPSA) is 26.3 Å². The molecule has 3 heteroatoms. The number of Topliss-reactive ketones (excluding diaryl/α,β-unsaturated/α-hetero) is 1. The van der Waals surface area contributed by atoms with Gasteiger partial charge in [-0.3, -0.25) is 4.79 Å². The normalized spacial score (nSPS) is 44.0. The lowest BCUT2D eigenvalue weighted by Crippen LogP contribution is -2.56. The Morgan fingerprint density at radius 1 is 1.00 bits per heavy atom. The van der Waals surface area contributed by atoms with Gasteiger partial charge in [-0.25, -0.2) is 0 Å². The number of carbonyl (C=O) groups is 1. The maximum Gasteiger partial charge on any atom is 0.192 e. The highest BCUT2D eigenvalue weighted by Gasteiger charge is 2.61. The summed E-state index contributed by atoms with van der Waals surface area (Å²) in [5, 5.41) is 0.276. The van der Waals surface area contributed by atoms with Gasteiger partial charge in [0.25, 0.3) is 0 Å². The third-order valence-electron chi connectivity index (χ3n) is 10.4. The predicted octanol–water partition coefficient (Wildman–Crippen LogP) is 6.99. The van der Waals surface area contributed by atoms with Crippen molar-refractivity contribution in [1.29, 1.82) is 0 Å². The van der Waals surface area contributed by atoms with Gasteiger partial charge < -0.3 is 4.43 Å². The lowest BCUT2D eigenvalue weighted by atomic mass is 9.45. The monoisotopic (exact) mass is 404 g/mol. The van der Waals surface area contributed by atoms with Crippen molar-refractivity contribution >= 4 is 14.1 Å². The van der Waals surface area contributed by atoms with Crippen molar-refractivity contribution in [3.63, 3.8) is 0 Å². The number of fused-ring (bicyclic) bond motifs is 5. The Bertz CT molecular complexity index is 621. The smallest absolute Gasteiger partial charge is 0.192 e. The van der Waals surface area contributed by atoms with Crippen LogP contribution in [0.2, 0.25) is 18.1 Å².